The van der Waals surface area contributed by atoms with Crippen LogP contribution in [0.1, 0.15) is 6.92 Å². The zero-order valence-corrected chi connectivity index (χ0v) is 4.35. The Hall–Kier alpha value is -0.530. The number of rotatable bonds is 1. The molecule has 0 saturated heterocycles. The van der Waals surface area contributed by atoms with Gasteiger partial charge in [0.25, 0.3) is 0 Å². The summed E-state index contributed by atoms with van der Waals surface area (Å²) in [6.45, 7) is 3.52. The van der Waals surface area contributed by atoms with E-state index in [1.165, 1.54) is 0 Å². The number of hydrogen-bond acceptors (Lipinski definition) is 2. The Morgan fingerprint density at radius 1 is 1.86 bits per heavy atom. The van der Waals surface area contributed by atoms with Gasteiger partial charge in [-0.25, -0.2) is 0 Å². The Morgan fingerprint density at radius 2 is 2.71 bits per heavy atom. The van der Waals surface area contributed by atoms with Crippen molar-refractivity contribution in [2.75, 3.05) is 13.2 Å². The number of ether oxygens (including phenoxy) is 1. The molecule has 0 aliphatic carbocycles. The second-order valence-corrected chi connectivity index (χ2v) is 1.36. The lowest BCUT2D eigenvalue weighted by molar-refractivity contribution is 0.347. The normalized spacial score (nSPS) is 18.7. The highest BCUT2D eigenvalue weighted by atomic mass is 16.5. The minimum atomic E-state index is 0.764. The van der Waals surface area contributed by atoms with Gasteiger partial charge in [0, 0.05) is 6.42 Å². The van der Waals surface area contributed by atoms with Gasteiger partial charge in [0.05, 0.1) is 6.54 Å². The van der Waals surface area contributed by atoms with Crippen LogP contribution in [0.5, 0.6) is 0 Å². The van der Waals surface area contributed by atoms with Crippen molar-refractivity contribution in [2.45, 2.75) is 6.92 Å². The first-order chi connectivity index (χ1) is 3.43. The van der Waals surface area contributed by atoms with Crippen molar-refractivity contribution in [1.82, 2.24) is 0 Å². The van der Waals surface area contributed by atoms with Crippen LogP contribution in [0.4, 0.5) is 0 Å². The van der Waals surface area contributed by atoms with E-state index < -0.39 is 0 Å². The van der Waals surface area contributed by atoms with Gasteiger partial charge in [-0.3, -0.25) is 4.99 Å². The lowest BCUT2D eigenvalue weighted by atomic mass is 10.5. The smallest absolute Gasteiger partial charge is 0.187 e. The Balaban J connectivity index is 2.36. The third-order valence-electron chi connectivity index (χ3n) is 0.856. The molecule has 39 valence electrons. The van der Waals surface area contributed by atoms with Gasteiger partial charge in [0.15, 0.2) is 5.90 Å². The summed E-state index contributed by atoms with van der Waals surface area (Å²) in [6, 6.07) is 0. The van der Waals surface area contributed by atoms with Gasteiger partial charge in [-0.15, -0.1) is 0 Å². The highest BCUT2D eigenvalue weighted by Gasteiger charge is 2.01. The van der Waals surface area contributed by atoms with E-state index >= 15 is 0 Å². The fraction of sp³-hybridized carbons (Fsp3) is 0.600. The predicted molar refractivity (Wildman–Crippen MR) is 28.2 cm³/mol. The quantitative estimate of drug-likeness (QED) is 0.471. The zero-order chi connectivity index (χ0) is 5.11. The molecule has 0 aromatic carbocycles. The monoisotopic (exact) mass is 98.1 g/mol. The van der Waals surface area contributed by atoms with Crippen molar-refractivity contribution in [3.05, 3.63) is 6.42 Å². The zero-order valence-electron chi connectivity index (χ0n) is 4.35. The van der Waals surface area contributed by atoms with Crippen molar-refractivity contribution in [2.24, 2.45) is 4.99 Å². The van der Waals surface area contributed by atoms with Crippen molar-refractivity contribution in [3.63, 3.8) is 0 Å². The number of aliphatic imine (C=N–C) groups is 1. The standard InChI is InChI=1S/C5H8NO/c1-2-5-6-3-4-7-5/h2H,3-4H2,1H3. The maximum atomic E-state index is 5.00. The van der Waals surface area contributed by atoms with Gasteiger partial charge in [0.1, 0.15) is 6.61 Å². The van der Waals surface area contributed by atoms with Crippen LogP contribution >= 0.6 is 0 Å². The van der Waals surface area contributed by atoms with E-state index in [1.54, 1.807) is 0 Å². The predicted octanol–water partition coefficient (Wildman–Crippen LogP) is 0.639. The van der Waals surface area contributed by atoms with E-state index in [0.29, 0.717) is 0 Å². The van der Waals surface area contributed by atoms with Crippen molar-refractivity contribution in [1.29, 1.82) is 0 Å². The molecule has 0 aromatic rings. The van der Waals surface area contributed by atoms with Crippen LogP contribution in [0.15, 0.2) is 4.99 Å². The summed E-state index contributed by atoms with van der Waals surface area (Å²) in [5, 5.41) is 0. The molecule has 0 fully saturated rings. The number of hydrogen-bond donors (Lipinski definition) is 0. The molecule has 2 heteroatoms. The van der Waals surface area contributed by atoms with Gasteiger partial charge >= 0.3 is 0 Å². The molecule has 0 atom stereocenters. The molecule has 0 aromatic heterocycles. The molecular formula is C5H8NO. The SMILES string of the molecule is C[CH]C1=NCCO1. The van der Waals surface area contributed by atoms with Crippen molar-refractivity contribution < 1.29 is 4.74 Å². The number of nitrogens with zero attached hydrogens (tertiary/aromatic N) is 1. The Bertz CT molecular complexity index is 88.1. The Labute approximate surface area is 43.2 Å². The fourth-order valence-corrected chi connectivity index (χ4v) is 0.526. The summed E-state index contributed by atoms with van der Waals surface area (Å²) in [5.41, 5.74) is 0. The summed E-state index contributed by atoms with van der Waals surface area (Å²) < 4.78 is 5.00. The Morgan fingerprint density at radius 3 is 3.00 bits per heavy atom. The minimum absolute atomic E-state index is 0.764. The van der Waals surface area contributed by atoms with Crippen molar-refractivity contribution >= 4 is 5.90 Å². The average molecular weight is 98.1 g/mol. The molecule has 0 amide bonds. The molecular weight excluding hydrogens is 90.1 g/mol. The lowest BCUT2D eigenvalue weighted by Gasteiger charge is -1.91. The largest absolute Gasteiger partial charge is 0.479 e. The first-order valence-corrected chi connectivity index (χ1v) is 2.40. The van der Waals surface area contributed by atoms with Crippen LogP contribution in [0.3, 0.4) is 0 Å². The molecule has 1 aliphatic heterocycles. The molecule has 1 radical (unpaired) electrons. The van der Waals surface area contributed by atoms with Gasteiger partial charge in [-0.2, -0.15) is 0 Å². The van der Waals surface area contributed by atoms with E-state index in [9.17, 15) is 0 Å². The lowest BCUT2D eigenvalue weighted by Crippen LogP contribution is -1.95. The first kappa shape index (κ1) is 4.62. The van der Waals surface area contributed by atoms with Crippen molar-refractivity contribution in [3.8, 4) is 0 Å². The summed E-state index contributed by atoms with van der Waals surface area (Å²) in [6.07, 6.45) is 1.87. The molecule has 1 aliphatic rings. The van der Waals surface area contributed by atoms with E-state index in [-0.39, 0.29) is 0 Å². The summed E-state index contributed by atoms with van der Waals surface area (Å²) in [4.78, 5) is 3.99. The molecule has 1 rings (SSSR count). The van der Waals surface area contributed by atoms with Crippen LogP contribution in [-0.2, 0) is 4.74 Å². The van der Waals surface area contributed by atoms with Gasteiger partial charge in [-0.05, 0) is 0 Å². The Kier molecular flexibility index (Phi) is 1.29. The molecule has 2 nitrogen and oxygen atoms in total. The maximum absolute atomic E-state index is 5.00. The van der Waals surface area contributed by atoms with E-state index in [2.05, 4.69) is 4.99 Å². The third-order valence-corrected chi connectivity index (χ3v) is 0.856. The van der Waals surface area contributed by atoms with Crippen LogP contribution in [0, 0.1) is 6.42 Å². The van der Waals surface area contributed by atoms with Crippen LogP contribution < -0.4 is 0 Å². The van der Waals surface area contributed by atoms with E-state index in [1.807, 2.05) is 13.3 Å². The maximum Gasteiger partial charge on any atom is 0.187 e. The molecule has 0 saturated carbocycles. The fourth-order valence-electron chi connectivity index (χ4n) is 0.526. The topological polar surface area (TPSA) is 21.6 Å². The third kappa shape index (κ3) is 0.918. The molecule has 7 heavy (non-hydrogen) atoms. The van der Waals surface area contributed by atoms with E-state index in [0.717, 1.165) is 19.0 Å². The first-order valence-electron chi connectivity index (χ1n) is 2.40. The molecule has 0 spiro atoms. The summed E-state index contributed by atoms with van der Waals surface area (Å²) in [7, 11) is 0. The average Bonchev–Trinajstić information content (AvgIpc) is 2.14. The second-order valence-electron chi connectivity index (χ2n) is 1.36. The highest BCUT2D eigenvalue weighted by molar-refractivity contribution is 5.85. The van der Waals surface area contributed by atoms with Gasteiger partial charge in [-0.1, -0.05) is 6.92 Å². The molecule has 0 unspecified atom stereocenters. The van der Waals surface area contributed by atoms with Crippen LogP contribution in [0.25, 0.3) is 0 Å². The highest BCUT2D eigenvalue weighted by Crippen LogP contribution is 1.94. The van der Waals surface area contributed by atoms with Crippen LogP contribution in [-0.4, -0.2) is 19.0 Å². The minimum Gasteiger partial charge on any atom is -0.479 e. The van der Waals surface area contributed by atoms with Gasteiger partial charge in [0.2, 0.25) is 0 Å². The molecule has 1 heterocycles. The second kappa shape index (κ2) is 1.96. The van der Waals surface area contributed by atoms with Crippen LogP contribution in [0.2, 0.25) is 0 Å². The summed E-state index contributed by atoms with van der Waals surface area (Å²) >= 11 is 0. The van der Waals surface area contributed by atoms with E-state index in [4.69, 9.17) is 4.74 Å². The molecule has 0 bridgehead atoms. The van der Waals surface area contributed by atoms with Gasteiger partial charge < -0.3 is 4.74 Å². The molecule has 0 N–H and O–H groups in total. The summed E-state index contributed by atoms with van der Waals surface area (Å²) in [5.74, 6) is 0.792.